The molecule has 1 heterocycles. The van der Waals surface area contributed by atoms with E-state index in [1.807, 2.05) is 24.3 Å². The van der Waals surface area contributed by atoms with Gasteiger partial charge in [0.15, 0.2) is 0 Å². The van der Waals surface area contributed by atoms with Crippen molar-refractivity contribution in [1.29, 1.82) is 0 Å². The van der Waals surface area contributed by atoms with Gasteiger partial charge in [-0.2, -0.15) is 0 Å². The molecule has 1 aliphatic carbocycles. The van der Waals surface area contributed by atoms with Crippen molar-refractivity contribution in [2.45, 2.75) is 38.1 Å². The summed E-state index contributed by atoms with van der Waals surface area (Å²) in [5, 5.41) is 3.15. The molecule has 2 aromatic rings. The summed E-state index contributed by atoms with van der Waals surface area (Å²) < 4.78 is 25.4. The number of hydrogen-bond acceptors (Lipinski definition) is 4. The van der Waals surface area contributed by atoms with Crippen LogP contribution in [0.4, 0.5) is 11.4 Å². The van der Waals surface area contributed by atoms with Crippen molar-refractivity contribution in [1.82, 2.24) is 5.32 Å². The molecule has 0 saturated carbocycles. The lowest BCUT2D eigenvalue weighted by molar-refractivity contribution is 0.0932. The zero-order valence-corrected chi connectivity index (χ0v) is 18.0. The molecule has 1 unspecified atom stereocenters. The Morgan fingerprint density at radius 1 is 1.10 bits per heavy atom. The highest BCUT2D eigenvalue weighted by Crippen LogP contribution is 2.32. The minimum absolute atomic E-state index is 0. The van der Waals surface area contributed by atoms with Gasteiger partial charge in [0.05, 0.1) is 18.0 Å². The summed E-state index contributed by atoms with van der Waals surface area (Å²) >= 11 is 0. The highest BCUT2D eigenvalue weighted by molar-refractivity contribution is 7.92. The molecule has 2 aliphatic rings. The Bertz CT molecular complexity index is 1040. The first-order valence-electron chi connectivity index (χ1n) is 9.63. The van der Waals surface area contributed by atoms with Crippen molar-refractivity contribution >= 4 is 39.7 Å². The Hall–Kier alpha value is -2.25. The van der Waals surface area contributed by atoms with Crippen molar-refractivity contribution in [2.24, 2.45) is 0 Å². The molecule has 29 heavy (non-hydrogen) atoms. The van der Waals surface area contributed by atoms with Crippen LogP contribution in [0.3, 0.4) is 0 Å². The number of nitrogens with one attached hydrogen (secondary N) is 1. The van der Waals surface area contributed by atoms with Gasteiger partial charge in [0.25, 0.3) is 5.91 Å². The van der Waals surface area contributed by atoms with Gasteiger partial charge in [-0.3, -0.25) is 9.10 Å². The normalized spacial score (nSPS) is 18.2. The molecule has 8 heteroatoms. The van der Waals surface area contributed by atoms with Crippen LogP contribution in [-0.4, -0.2) is 27.1 Å². The highest BCUT2D eigenvalue weighted by Gasteiger charge is 2.26. The molecule has 156 valence electrons. The van der Waals surface area contributed by atoms with Gasteiger partial charge in [-0.05, 0) is 79.1 Å². The van der Waals surface area contributed by atoms with E-state index in [-0.39, 0.29) is 24.4 Å². The van der Waals surface area contributed by atoms with Crippen molar-refractivity contribution < 1.29 is 13.2 Å². The number of carbonyl (C=O) groups is 1. The minimum atomic E-state index is -3.31. The number of nitrogen functional groups attached to an aromatic ring is 1. The lowest BCUT2D eigenvalue weighted by atomic mass is 9.87. The van der Waals surface area contributed by atoms with Gasteiger partial charge in [-0.25, -0.2) is 8.42 Å². The van der Waals surface area contributed by atoms with Gasteiger partial charge < -0.3 is 11.1 Å². The molecule has 0 spiro atoms. The lowest BCUT2D eigenvalue weighted by Crippen LogP contribution is -2.35. The molecule has 3 N–H and O–H groups in total. The Labute approximate surface area is 177 Å². The average Bonchev–Trinajstić information content (AvgIpc) is 2.66. The van der Waals surface area contributed by atoms with Gasteiger partial charge in [0, 0.05) is 17.8 Å². The van der Waals surface area contributed by atoms with Crippen LogP contribution < -0.4 is 15.4 Å². The smallest absolute Gasteiger partial charge is 0.251 e. The maximum absolute atomic E-state index is 12.9. The Morgan fingerprint density at radius 2 is 1.86 bits per heavy atom. The fourth-order valence-electron chi connectivity index (χ4n) is 4.27. The second-order valence-electron chi connectivity index (χ2n) is 7.66. The summed E-state index contributed by atoms with van der Waals surface area (Å²) in [6.07, 6.45) is 5.63. The third-order valence-corrected chi connectivity index (χ3v) is 6.78. The van der Waals surface area contributed by atoms with E-state index in [2.05, 4.69) is 5.32 Å². The quantitative estimate of drug-likeness (QED) is 0.724. The first-order valence-corrected chi connectivity index (χ1v) is 11.5. The van der Waals surface area contributed by atoms with Gasteiger partial charge in [-0.15, -0.1) is 12.4 Å². The maximum atomic E-state index is 12.9. The Morgan fingerprint density at radius 3 is 2.62 bits per heavy atom. The number of sulfonamides is 1. The number of nitrogens with zero attached hydrogens (tertiary/aromatic N) is 1. The molecule has 0 radical (unpaired) electrons. The van der Waals surface area contributed by atoms with Crippen LogP contribution in [-0.2, 0) is 22.9 Å². The molecule has 0 bridgehead atoms. The van der Waals surface area contributed by atoms with Gasteiger partial charge in [-0.1, -0.05) is 6.07 Å². The zero-order valence-electron chi connectivity index (χ0n) is 16.3. The van der Waals surface area contributed by atoms with Crippen LogP contribution in [0.2, 0.25) is 0 Å². The number of benzene rings is 2. The van der Waals surface area contributed by atoms with Crippen LogP contribution in [0.1, 0.15) is 52.4 Å². The highest BCUT2D eigenvalue weighted by atomic mass is 35.5. The number of amides is 1. The van der Waals surface area contributed by atoms with E-state index in [9.17, 15) is 13.2 Å². The summed E-state index contributed by atoms with van der Waals surface area (Å²) in [6, 6.07) is 11.1. The van der Waals surface area contributed by atoms with E-state index in [0.29, 0.717) is 17.8 Å². The molecule has 1 aliphatic heterocycles. The standard InChI is InChI=1S/C21H25N3O3S.ClH/c1-28(26,27)24-11-3-5-15-12-16(7-10-20(15)24)21(25)23-19-6-2-4-14-13-17(22)8-9-18(14)19;/h7-10,12-13,19H,2-6,11,22H2,1H3,(H,23,25);1H. The average molecular weight is 436 g/mol. The van der Waals surface area contributed by atoms with E-state index in [1.54, 1.807) is 12.1 Å². The van der Waals surface area contributed by atoms with Crippen LogP contribution in [0.25, 0.3) is 0 Å². The summed E-state index contributed by atoms with van der Waals surface area (Å²) in [5.74, 6) is -0.131. The van der Waals surface area contributed by atoms with E-state index in [4.69, 9.17) is 5.73 Å². The molecule has 1 amide bonds. The van der Waals surface area contributed by atoms with Crippen molar-refractivity contribution in [2.75, 3.05) is 22.8 Å². The van der Waals surface area contributed by atoms with Gasteiger partial charge in [0.1, 0.15) is 0 Å². The van der Waals surface area contributed by atoms with E-state index in [1.165, 1.54) is 16.1 Å². The minimum Gasteiger partial charge on any atom is -0.399 e. The number of rotatable bonds is 3. The zero-order chi connectivity index (χ0) is 19.9. The molecular weight excluding hydrogens is 410 g/mol. The van der Waals surface area contributed by atoms with Gasteiger partial charge >= 0.3 is 0 Å². The monoisotopic (exact) mass is 435 g/mol. The van der Waals surface area contributed by atoms with Crippen LogP contribution in [0.15, 0.2) is 36.4 Å². The number of fused-ring (bicyclic) bond motifs is 2. The Kier molecular flexibility index (Phi) is 6.10. The molecule has 4 rings (SSSR count). The molecule has 0 saturated heterocycles. The predicted molar refractivity (Wildman–Crippen MR) is 118 cm³/mol. The number of halogens is 1. The summed E-state index contributed by atoms with van der Waals surface area (Å²) in [6.45, 7) is 0.485. The van der Waals surface area contributed by atoms with Crippen LogP contribution >= 0.6 is 12.4 Å². The first kappa shape index (κ1) is 21.5. The summed E-state index contributed by atoms with van der Waals surface area (Å²) in [4.78, 5) is 12.9. The fourth-order valence-corrected chi connectivity index (χ4v) is 5.27. The number of anilines is 2. The van der Waals surface area contributed by atoms with Crippen LogP contribution in [0, 0.1) is 0 Å². The SMILES string of the molecule is CS(=O)(=O)N1CCCc2cc(C(=O)NC3CCCc4cc(N)ccc43)ccc21.Cl. The van der Waals surface area contributed by atoms with E-state index < -0.39 is 10.0 Å². The second kappa shape index (κ2) is 8.24. The third kappa shape index (κ3) is 4.36. The van der Waals surface area contributed by atoms with Crippen molar-refractivity contribution in [3.63, 3.8) is 0 Å². The molecule has 6 nitrogen and oxygen atoms in total. The number of nitrogens with two attached hydrogens (primary N) is 1. The fraction of sp³-hybridized carbons (Fsp3) is 0.381. The van der Waals surface area contributed by atoms with Crippen molar-refractivity contribution in [3.8, 4) is 0 Å². The number of carbonyl (C=O) groups excluding carboxylic acids is 1. The maximum Gasteiger partial charge on any atom is 0.251 e. The third-order valence-electron chi connectivity index (χ3n) is 5.60. The number of hydrogen-bond donors (Lipinski definition) is 2. The molecule has 0 aromatic heterocycles. The topological polar surface area (TPSA) is 92.5 Å². The molecule has 2 aromatic carbocycles. The van der Waals surface area contributed by atoms with E-state index >= 15 is 0 Å². The Balaban J connectivity index is 0.00000240. The van der Waals surface area contributed by atoms with Crippen LogP contribution in [0.5, 0.6) is 0 Å². The first-order chi connectivity index (χ1) is 13.3. The van der Waals surface area contributed by atoms with Crippen molar-refractivity contribution in [3.05, 3.63) is 58.7 Å². The number of aryl methyl sites for hydroxylation is 2. The lowest BCUT2D eigenvalue weighted by Gasteiger charge is -2.30. The second-order valence-corrected chi connectivity index (χ2v) is 9.57. The van der Waals surface area contributed by atoms with E-state index in [0.717, 1.165) is 48.9 Å². The predicted octanol–water partition coefficient (Wildman–Crippen LogP) is 3.21. The summed E-state index contributed by atoms with van der Waals surface area (Å²) in [5.41, 5.74) is 11.1. The largest absolute Gasteiger partial charge is 0.399 e. The van der Waals surface area contributed by atoms with Gasteiger partial charge in [0.2, 0.25) is 10.0 Å². The summed E-state index contributed by atoms with van der Waals surface area (Å²) in [7, 11) is -3.31. The molecular formula is C21H26ClN3O3S. The molecule has 0 fully saturated rings. The molecule has 1 atom stereocenters.